The molecular formula is C21H17FN6O2. The Labute approximate surface area is 171 Å². The fraction of sp³-hybridized carbons (Fsp3) is 0.190. The monoisotopic (exact) mass is 404 g/mol. The molecule has 1 atom stereocenters. The van der Waals surface area contributed by atoms with Gasteiger partial charge < -0.3 is 9.64 Å². The van der Waals surface area contributed by atoms with E-state index in [1.54, 1.807) is 21.8 Å². The zero-order valence-electron chi connectivity index (χ0n) is 15.8. The molecule has 9 heteroatoms. The first-order valence-electron chi connectivity index (χ1n) is 9.46. The van der Waals surface area contributed by atoms with Crippen molar-refractivity contribution in [1.82, 2.24) is 29.5 Å². The second-order valence-corrected chi connectivity index (χ2v) is 6.91. The maximum atomic E-state index is 13.4. The molecule has 0 spiro atoms. The molecule has 0 aromatic carbocycles. The summed E-state index contributed by atoms with van der Waals surface area (Å²) in [5.74, 6) is -0.457. The first kappa shape index (κ1) is 18.3. The lowest BCUT2D eigenvalue weighted by atomic mass is 10.1. The topological polar surface area (TPSA) is 85.5 Å². The number of amides is 1. The third-order valence-electron chi connectivity index (χ3n) is 4.96. The Morgan fingerprint density at radius 3 is 2.93 bits per heavy atom. The maximum absolute atomic E-state index is 13.4. The molecule has 8 nitrogen and oxygen atoms in total. The molecule has 0 saturated carbocycles. The van der Waals surface area contributed by atoms with Gasteiger partial charge >= 0.3 is 0 Å². The second-order valence-electron chi connectivity index (χ2n) is 6.91. The fourth-order valence-corrected chi connectivity index (χ4v) is 3.45. The number of hydrogen-bond donors (Lipinski definition) is 0. The number of morpholine rings is 1. The van der Waals surface area contributed by atoms with E-state index in [0.717, 1.165) is 17.2 Å². The van der Waals surface area contributed by atoms with Crippen molar-refractivity contribution >= 4 is 11.6 Å². The fourth-order valence-electron chi connectivity index (χ4n) is 3.45. The molecule has 5 rings (SSSR count). The molecular weight excluding hydrogens is 387 g/mol. The van der Waals surface area contributed by atoms with E-state index in [9.17, 15) is 9.18 Å². The van der Waals surface area contributed by atoms with Crippen molar-refractivity contribution in [3.05, 3.63) is 78.5 Å². The summed E-state index contributed by atoms with van der Waals surface area (Å²) in [6, 6.07) is 10.3. The zero-order chi connectivity index (χ0) is 20.5. The highest BCUT2D eigenvalue weighted by Gasteiger charge is 2.29. The average molecular weight is 404 g/mol. The van der Waals surface area contributed by atoms with Gasteiger partial charge in [0.2, 0.25) is 5.95 Å². The summed E-state index contributed by atoms with van der Waals surface area (Å²) in [5.41, 5.74) is 2.88. The number of halogens is 1. The van der Waals surface area contributed by atoms with Crippen molar-refractivity contribution in [3.63, 3.8) is 0 Å². The van der Waals surface area contributed by atoms with Crippen LogP contribution >= 0.6 is 0 Å². The summed E-state index contributed by atoms with van der Waals surface area (Å²) < 4.78 is 20.9. The van der Waals surface area contributed by atoms with Crippen molar-refractivity contribution in [2.45, 2.75) is 6.10 Å². The molecule has 1 amide bonds. The molecule has 0 bridgehead atoms. The summed E-state index contributed by atoms with van der Waals surface area (Å²) in [6.07, 6.45) is 6.22. The van der Waals surface area contributed by atoms with E-state index in [-0.39, 0.29) is 18.0 Å². The van der Waals surface area contributed by atoms with Gasteiger partial charge in [0.05, 0.1) is 13.2 Å². The van der Waals surface area contributed by atoms with Crippen LogP contribution < -0.4 is 0 Å². The summed E-state index contributed by atoms with van der Waals surface area (Å²) in [5, 5.41) is 4.56. The first-order valence-corrected chi connectivity index (χ1v) is 9.46. The van der Waals surface area contributed by atoms with Crippen LogP contribution in [-0.2, 0) is 4.74 Å². The van der Waals surface area contributed by atoms with Crippen LogP contribution in [0.4, 0.5) is 4.39 Å². The number of nitrogens with zero attached hydrogens (tertiary/aromatic N) is 6. The normalized spacial score (nSPS) is 16.7. The third kappa shape index (κ3) is 3.50. The molecule has 30 heavy (non-hydrogen) atoms. The molecule has 5 heterocycles. The first-order chi connectivity index (χ1) is 14.7. The van der Waals surface area contributed by atoms with Crippen molar-refractivity contribution in [1.29, 1.82) is 0 Å². The lowest BCUT2D eigenvalue weighted by Crippen LogP contribution is -2.42. The lowest BCUT2D eigenvalue weighted by molar-refractivity contribution is -0.0267. The molecule has 1 saturated heterocycles. The number of hydrogen-bond acceptors (Lipinski definition) is 6. The second kappa shape index (κ2) is 7.60. The van der Waals surface area contributed by atoms with Gasteiger partial charge in [0.25, 0.3) is 5.91 Å². The van der Waals surface area contributed by atoms with Gasteiger partial charge in [-0.1, -0.05) is 6.07 Å². The highest BCUT2D eigenvalue weighted by molar-refractivity contribution is 5.94. The Kier molecular flexibility index (Phi) is 4.64. The number of carbonyl (C=O) groups is 1. The Hall–Kier alpha value is -3.72. The van der Waals surface area contributed by atoms with E-state index in [1.165, 1.54) is 12.3 Å². The summed E-state index contributed by atoms with van der Waals surface area (Å²) >= 11 is 0. The summed E-state index contributed by atoms with van der Waals surface area (Å²) in [7, 11) is 0. The molecule has 1 unspecified atom stereocenters. The van der Waals surface area contributed by atoms with Crippen LogP contribution in [0.2, 0.25) is 0 Å². The molecule has 1 aliphatic rings. The highest BCUT2D eigenvalue weighted by atomic mass is 19.1. The van der Waals surface area contributed by atoms with E-state index >= 15 is 0 Å². The third-order valence-corrected chi connectivity index (χ3v) is 4.96. The van der Waals surface area contributed by atoms with Crippen LogP contribution in [0.5, 0.6) is 0 Å². The lowest BCUT2D eigenvalue weighted by Gasteiger charge is -2.31. The quantitative estimate of drug-likeness (QED) is 0.488. The van der Waals surface area contributed by atoms with E-state index in [4.69, 9.17) is 4.74 Å². The Morgan fingerprint density at radius 1 is 1.17 bits per heavy atom. The molecule has 1 aliphatic heterocycles. The molecule has 0 aliphatic carbocycles. The molecule has 0 N–H and O–H groups in total. The largest absolute Gasteiger partial charge is 0.366 e. The van der Waals surface area contributed by atoms with Crippen molar-refractivity contribution in [2.75, 3.05) is 19.7 Å². The number of rotatable bonds is 3. The van der Waals surface area contributed by atoms with Crippen LogP contribution in [0.3, 0.4) is 0 Å². The smallest absolute Gasteiger partial charge is 0.254 e. The standard InChI is InChI=1S/C21H17FN6O2/c22-18-10-14(5-7-24-18)21(29)27-8-9-30-17(13-27)20-25-19-4-3-16(12-28(19)26-20)15-2-1-6-23-11-15/h1-7,10-12,17H,8-9,13H2. The van der Waals surface area contributed by atoms with Gasteiger partial charge in [0.15, 0.2) is 11.5 Å². The molecule has 4 aromatic heterocycles. The number of aromatic nitrogens is 5. The van der Waals surface area contributed by atoms with Gasteiger partial charge in [-0.25, -0.2) is 14.5 Å². The van der Waals surface area contributed by atoms with Crippen molar-refractivity contribution in [2.24, 2.45) is 0 Å². The van der Waals surface area contributed by atoms with Crippen LogP contribution in [0.25, 0.3) is 16.8 Å². The van der Waals surface area contributed by atoms with Crippen molar-refractivity contribution in [3.8, 4) is 11.1 Å². The van der Waals surface area contributed by atoms with E-state index < -0.39 is 12.1 Å². The van der Waals surface area contributed by atoms with Crippen LogP contribution in [0.15, 0.2) is 61.2 Å². The Morgan fingerprint density at radius 2 is 2.10 bits per heavy atom. The van der Waals surface area contributed by atoms with E-state index in [1.807, 2.05) is 30.5 Å². The minimum atomic E-state index is -0.683. The van der Waals surface area contributed by atoms with Crippen LogP contribution in [0, 0.1) is 5.95 Å². The predicted octanol–water partition coefficient (Wildman–Crippen LogP) is 2.54. The number of ether oxygens (including phenoxy) is 1. The SMILES string of the molecule is O=C(c1ccnc(F)c1)N1CCOC(c2nc3ccc(-c4cccnc4)cn3n2)C1. The molecule has 150 valence electrons. The minimum Gasteiger partial charge on any atom is -0.366 e. The summed E-state index contributed by atoms with van der Waals surface area (Å²) in [4.78, 5) is 26.5. The molecule has 4 aromatic rings. The van der Waals surface area contributed by atoms with E-state index in [0.29, 0.717) is 24.6 Å². The zero-order valence-corrected chi connectivity index (χ0v) is 15.8. The van der Waals surface area contributed by atoms with Gasteiger partial charge in [0.1, 0.15) is 6.10 Å². The van der Waals surface area contributed by atoms with Gasteiger partial charge in [-0.05, 0) is 24.3 Å². The summed E-state index contributed by atoms with van der Waals surface area (Å²) in [6.45, 7) is 1.05. The van der Waals surface area contributed by atoms with Gasteiger partial charge in [0, 0.05) is 54.1 Å². The average Bonchev–Trinajstić information content (AvgIpc) is 3.23. The number of fused-ring (bicyclic) bond motifs is 1. The molecule has 1 fully saturated rings. The Balaban J connectivity index is 1.39. The minimum absolute atomic E-state index is 0.257. The highest BCUT2D eigenvalue weighted by Crippen LogP contribution is 2.23. The van der Waals surface area contributed by atoms with Gasteiger partial charge in [-0.3, -0.25) is 9.78 Å². The van der Waals surface area contributed by atoms with Gasteiger partial charge in [-0.15, -0.1) is 5.10 Å². The van der Waals surface area contributed by atoms with E-state index in [2.05, 4.69) is 20.1 Å². The number of carbonyl (C=O) groups excluding carboxylic acids is 1. The molecule has 0 radical (unpaired) electrons. The van der Waals surface area contributed by atoms with Crippen LogP contribution in [0.1, 0.15) is 22.3 Å². The maximum Gasteiger partial charge on any atom is 0.254 e. The number of pyridine rings is 3. The Bertz CT molecular complexity index is 1210. The van der Waals surface area contributed by atoms with Gasteiger partial charge in [-0.2, -0.15) is 4.39 Å². The predicted molar refractivity (Wildman–Crippen MR) is 105 cm³/mol. The van der Waals surface area contributed by atoms with Crippen molar-refractivity contribution < 1.29 is 13.9 Å². The van der Waals surface area contributed by atoms with Crippen LogP contribution in [-0.4, -0.2) is 55.1 Å².